The zero-order valence-corrected chi connectivity index (χ0v) is 13.1. The van der Waals surface area contributed by atoms with Gasteiger partial charge < -0.3 is 9.80 Å². The lowest BCUT2D eigenvalue weighted by Crippen LogP contribution is -2.55. The van der Waals surface area contributed by atoms with Crippen molar-refractivity contribution in [2.45, 2.75) is 31.2 Å². The van der Waals surface area contributed by atoms with Gasteiger partial charge in [0.1, 0.15) is 12.3 Å². The summed E-state index contributed by atoms with van der Waals surface area (Å²) >= 11 is 0. The summed E-state index contributed by atoms with van der Waals surface area (Å²) in [6.45, 7) is 0. The average molecular weight is 291 g/mol. The van der Waals surface area contributed by atoms with Crippen LogP contribution in [-0.2, 0) is 0 Å². The highest BCUT2D eigenvalue weighted by atomic mass is 15.5. The van der Waals surface area contributed by atoms with Gasteiger partial charge in [0, 0.05) is 42.6 Å². The molecule has 2 bridgehead atoms. The predicted octanol–water partition coefficient (Wildman–Crippen LogP) is 3.75. The van der Waals surface area contributed by atoms with Crippen LogP contribution >= 0.6 is 0 Å². The van der Waals surface area contributed by atoms with E-state index in [0.29, 0.717) is 12.3 Å². The van der Waals surface area contributed by atoms with E-state index in [-0.39, 0.29) is 0 Å². The maximum atomic E-state index is 2.73. The molecule has 112 valence electrons. The number of benzene rings is 2. The average Bonchev–Trinajstić information content (AvgIpc) is 3.39. The molecule has 2 heterocycles. The van der Waals surface area contributed by atoms with E-state index in [2.05, 4.69) is 77.3 Å². The Hall–Kier alpha value is -2.00. The van der Waals surface area contributed by atoms with Gasteiger partial charge in [-0.05, 0) is 25.0 Å². The number of nitrogens with zero attached hydrogens (tertiary/aromatic N) is 3. The number of anilines is 2. The first-order chi connectivity index (χ1) is 10.8. The van der Waals surface area contributed by atoms with Gasteiger partial charge in [0.25, 0.3) is 0 Å². The highest BCUT2D eigenvalue weighted by Crippen LogP contribution is 2.55. The van der Waals surface area contributed by atoms with Crippen molar-refractivity contribution in [2.75, 3.05) is 23.9 Å². The summed E-state index contributed by atoms with van der Waals surface area (Å²) in [5, 5.41) is 0. The van der Waals surface area contributed by atoms with Crippen molar-refractivity contribution in [3.8, 4) is 0 Å². The minimum atomic E-state index is 0.361. The van der Waals surface area contributed by atoms with Gasteiger partial charge >= 0.3 is 0 Å². The fraction of sp³-hybridized carbons (Fsp3) is 0.368. The van der Waals surface area contributed by atoms with Crippen LogP contribution in [0.2, 0.25) is 0 Å². The highest BCUT2D eigenvalue weighted by molar-refractivity contribution is 5.68. The third kappa shape index (κ3) is 1.49. The third-order valence-corrected chi connectivity index (χ3v) is 5.46. The number of hydrogen-bond donors (Lipinski definition) is 0. The molecule has 0 aromatic heterocycles. The molecule has 3 nitrogen and oxygen atoms in total. The molecule has 2 aliphatic heterocycles. The van der Waals surface area contributed by atoms with Crippen molar-refractivity contribution in [2.24, 2.45) is 0 Å². The molecule has 0 radical (unpaired) electrons. The van der Waals surface area contributed by atoms with Gasteiger partial charge in [-0.2, -0.15) is 0 Å². The second-order valence-corrected chi connectivity index (χ2v) is 6.77. The summed E-state index contributed by atoms with van der Waals surface area (Å²) in [6, 6.07) is 18.5. The maximum absolute atomic E-state index is 2.73. The van der Waals surface area contributed by atoms with Crippen LogP contribution in [-0.4, -0.2) is 25.0 Å². The Balaban J connectivity index is 1.79. The second kappa shape index (κ2) is 4.26. The van der Waals surface area contributed by atoms with Crippen LogP contribution in [0.4, 0.5) is 11.4 Å². The molecule has 3 aliphatic rings. The van der Waals surface area contributed by atoms with Crippen LogP contribution in [0.25, 0.3) is 0 Å². The molecule has 2 atom stereocenters. The summed E-state index contributed by atoms with van der Waals surface area (Å²) in [6.07, 6.45) is 3.39. The first-order valence-corrected chi connectivity index (χ1v) is 8.18. The molecule has 1 aliphatic carbocycles. The molecule has 1 fully saturated rings. The molecule has 2 aromatic carbocycles. The van der Waals surface area contributed by atoms with Gasteiger partial charge in [-0.1, -0.05) is 36.4 Å². The Kier molecular flexibility index (Phi) is 2.43. The Labute approximate surface area is 131 Å². The minimum absolute atomic E-state index is 0.361. The van der Waals surface area contributed by atoms with Crippen molar-refractivity contribution in [3.05, 3.63) is 59.7 Å². The maximum Gasteiger partial charge on any atom is 0.112 e. The smallest absolute Gasteiger partial charge is 0.112 e. The van der Waals surface area contributed by atoms with Gasteiger partial charge in [-0.15, -0.1) is 0 Å². The van der Waals surface area contributed by atoms with Gasteiger partial charge in [-0.3, -0.25) is 4.90 Å². The lowest BCUT2D eigenvalue weighted by molar-refractivity contribution is 0.0982. The van der Waals surface area contributed by atoms with Crippen LogP contribution in [0, 0.1) is 0 Å². The molecule has 0 saturated heterocycles. The van der Waals surface area contributed by atoms with Crippen LogP contribution in [0.15, 0.2) is 48.5 Å². The van der Waals surface area contributed by atoms with Crippen molar-refractivity contribution in [3.63, 3.8) is 0 Å². The van der Waals surface area contributed by atoms with Crippen molar-refractivity contribution < 1.29 is 0 Å². The van der Waals surface area contributed by atoms with Crippen LogP contribution in [0.1, 0.15) is 36.3 Å². The van der Waals surface area contributed by atoms with Gasteiger partial charge in [0.15, 0.2) is 0 Å². The fourth-order valence-corrected chi connectivity index (χ4v) is 4.36. The summed E-state index contributed by atoms with van der Waals surface area (Å²) in [4.78, 5) is 7.66. The van der Waals surface area contributed by atoms with Crippen LogP contribution in [0.3, 0.4) is 0 Å². The zero-order chi connectivity index (χ0) is 14.8. The van der Waals surface area contributed by atoms with Crippen LogP contribution < -0.4 is 9.80 Å². The van der Waals surface area contributed by atoms with E-state index >= 15 is 0 Å². The summed E-state index contributed by atoms with van der Waals surface area (Å²) < 4.78 is 0. The van der Waals surface area contributed by atoms with E-state index in [9.17, 15) is 0 Å². The van der Waals surface area contributed by atoms with Gasteiger partial charge in [-0.25, -0.2) is 0 Å². The first kappa shape index (κ1) is 12.5. The topological polar surface area (TPSA) is 9.72 Å². The van der Waals surface area contributed by atoms with Gasteiger partial charge in [0.2, 0.25) is 0 Å². The lowest BCUT2D eigenvalue weighted by atomic mass is 9.93. The Bertz CT molecular complexity index is 679. The molecule has 1 saturated carbocycles. The van der Waals surface area contributed by atoms with Crippen molar-refractivity contribution in [1.29, 1.82) is 0 Å². The Morgan fingerprint density at radius 1 is 0.727 bits per heavy atom. The van der Waals surface area contributed by atoms with E-state index < -0.39 is 0 Å². The van der Waals surface area contributed by atoms with E-state index in [1.807, 2.05) is 0 Å². The SMILES string of the molecule is CN1c2ccccc2C2N(C)c3ccccc3C1N2C1CC1. The largest absolute Gasteiger partial charge is 0.354 e. The fourth-order valence-electron chi connectivity index (χ4n) is 4.36. The predicted molar refractivity (Wildman–Crippen MR) is 90.0 cm³/mol. The van der Waals surface area contributed by atoms with E-state index in [4.69, 9.17) is 0 Å². The summed E-state index contributed by atoms with van der Waals surface area (Å²) in [5.74, 6) is 0. The number of para-hydroxylation sites is 2. The normalized spacial score (nSPS) is 26.6. The van der Waals surface area contributed by atoms with Crippen molar-refractivity contribution in [1.82, 2.24) is 4.90 Å². The molecular weight excluding hydrogens is 270 g/mol. The summed E-state index contributed by atoms with van der Waals surface area (Å²) in [7, 11) is 4.49. The van der Waals surface area contributed by atoms with E-state index in [0.717, 1.165) is 6.04 Å². The Morgan fingerprint density at radius 3 is 1.64 bits per heavy atom. The monoisotopic (exact) mass is 291 g/mol. The molecule has 22 heavy (non-hydrogen) atoms. The van der Waals surface area contributed by atoms with E-state index in [1.165, 1.54) is 35.3 Å². The van der Waals surface area contributed by atoms with Crippen LogP contribution in [0.5, 0.6) is 0 Å². The lowest BCUT2D eigenvalue weighted by Gasteiger charge is -2.56. The molecule has 2 aromatic rings. The molecule has 5 rings (SSSR count). The Morgan fingerprint density at radius 2 is 1.18 bits per heavy atom. The number of fused-ring (bicyclic) bond motifs is 6. The first-order valence-electron chi connectivity index (χ1n) is 8.18. The molecule has 2 unspecified atom stereocenters. The highest BCUT2D eigenvalue weighted by Gasteiger charge is 2.50. The standard InChI is InChI=1S/C19H21N3/c1-20-16-9-5-3-7-14(16)19-21(2)17-10-6-4-8-15(17)18(20)22(19)13-11-12-13/h3-10,13,18-19H,11-12H2,1-2H3. The molecule has 0 amide bonds. The van der Waals surface area contributed by atoms with E-state index in [1.54, 1.807) is 0 Å². The number of hydrogen-bond acceptors (Lipinski definition) is 3. The molecular formula is C19H21N3. The zero-order valence-electron chi connectivity index (χ0n) is 13.1. The quantitative estimate of drug-likeness (QED) is 0.792. The third-order valence-electron chi connectivity index (χ3n) is 5.46. The second-order valence-electron chi connectivity index (χ2n) is 6.77. The summed E-state index contributed by atoms with van der Waals surface area (Å²) in [5.41, 5.74) is 5.61. The number of rotatable bonds is 1. The van der Waals surface area contributed by atoms with Crippen molar-refractivity contribution >= 4 is 11.4 Å². The molecule has 0 N–H and O–H groups in total. The molecule has 3 heteroatoms. The van der Waals surface area contributed by atoms with Gasteiger partial charge in [0.05, 0.1) is 0 Å². The minimum Gasteiger partial charge on any atom is -0.354 e. The molecule has 0 spiro atoms.